The zero-order chi connectivity index (χ0) is 5.11. The molecule has 0 radical (unpaired) electrons. The van der Waals surface area contributed by atoms with Gasteiger partial charge >= 0.3 is 0 Å². The Labute approximate surface area is 48.4 Å². The van der Waals surface area contributed by atoms with E-state index in [2.05, 4.69) is 15.9 Å². The van der Waals surface area contributed by atoms with Gasteiger partial charge in [-0.05, 0) is 6.26 Å². The Balaban J connectivity index is 2.14. The van der Waals surface area contributed by atoms with Crippen LogP contribution < -0.4 is 5.32 Å². The zero-order valence-corrected chi connectivity index (χ0v) is 5.29. The van der Waals surface area contributed by atoms with Gasteiger partial charge in [-0.15, -0.1) is 0 Å². The fraction of sp³-hybridized carbons (Fsp3) is 1.00. The van der Waals surface area contributed by atoms with Crippen molar-refractivity contribution in [1.82, 2.24) is 9.62 Å². The first kappa shape index (κ1) is 5.41. The third kappa shape index (κ3) is 1.33. The molecular weight excluding hydrogens is 108 g/mol. The average Bonchev–Trinajstić information content (AvgIpc) is 2.14. The van der Waals surface area contributed by atoms with Crippen LogP contribution in [0.1, 0.15) is 0 Å². The second-order valence-electron chi connectivity index (χ2n) is 1.55. The molecule has 0 aromatic carbocycles. The molecule has 0 unspecified atom stereocenters. The maximum atomic E-state index is 3.23. The number of nitrogens with zero attached hydrogens (tertiary/aromatic N) is 1. The van der Waals surface area contributed by atoms with E-state index in [1.165, 1.54) is 6.54 Å². The van der Waals surface area contributed by atoms with Crippen LogP contribution in [0.2, 0.25) is 0 Å². The lowest BCUT2D eigenvalue weighted by atomic mass is 10.7. The van der Waals surface area contributed by atoms with E-state index >= 15 is 0 Å². The Morgan fingerprint density at radius 1 is 1.71 bits per heavy atom. The molecular formula is C4H10N2S. The Hall–Kier alpha value is 0.270. The van der Waals surface area contributed by atoms with E-state index in [0.29, 0.717) is 0 Å². The molecule has 0 spiro atoms. The van der Waals surface area contributed by atoms with Crippen LogP contribution in [0.3, 0.4) is 0 Å². The molecule has 1 saturated heterocycles. The van der Waals surface area contributed by atoms with Crippen LogP contribution in [0.25, 0.3) is 0 Å². The molecule has 7 heavy (non-hydrogen) atoms. The Kier molecular flexibility index (Phi) is 1.97. The lowest BCUT2D eigenvalue weighted by Crippen LogP contribution is -2.12. The SMILES string of the molecule is CSN1CCNC1. The monoisotopic (exact) mass is 118 g/mol. The summed E-state index contributed by atoms with van der Waals surface area (Å²) in [4.78, 5) is 0. The Bertz CT molecular complexity index is 51.7. The van der Waals surface area contributed by atoms with Crippen LogP contribution in [0.4, 0.5) is 0 Å². The van der Waals surface area contributed by atoms with Crippen molar-refractivity contribution in [2.24, 2.45) is 0 Å². The van der Waals surface area contributed by atoms with Gasteiger partial charge in [-0.2, -0.15) is 0 Å². The van der Waals surface area contributed by atoms with Gasteiger partial charge in [0, 0.05) is 13.1 Å². The molecule has 1 aliphatic heterocycles. The molecule has 0 saturated carbocycles. The second kappa shape index (κ2) is 2.55. The van der Waals surface area contributed by atoms with E-state index in [4.69, 9.17) is 0 Å². The molecule has 1 fully saturated rings. The first-order chi connectivity index (χ1) is 3.43. The summed E-state index contributed by atoms with van der Waals surface area (Å²) in [6.07, 6.45) is 2.10. The topological polar surface area (TPSA) is 15.3 Å². The quantitative estimate of drug-likeness (QED) is 0.493. The number of nitrogens with one attached hydrogen (secondary N) is 1. The highest BCUT2D eigenvalue weighted by atomic mass is 32.2. The van der Waals surface area contributed by atoms with Gasteiger partial charge in [0.15, 0.2) is 0 Å². The fourth-order valence-corrected chi connectivity index (χ4v) is 1.14. The molecule has 1 aliphatic rings. The van der Waals surface area contributed by atoms with Gasteiger partial charge in [0.25, 0.3) is 0 Å². The van der Waals surface area contributed by atoms with Gasteiger partial charge in [-0.3, -0.25) is 0 Å². The minimum absolute atomic E-state index is 1.06. The van der Waals surface area contributed by atoms with Gasteiger partial charge in [-0.1, -0.05) is 11.9 Å². The minimum atomic E-state index is 1.06. The van der Waals surface area contributed by atoms with E-state index in [9.17, 15) is 0 Å². The lowest BCUT2D eigenvalue weighted by molar-refractivity contribution is 0.578. The molecule has 0 bridgehead atoms. The van der Waals surface area contributed by atoms with Crippen LogP contribution in [0.5, 0.6) is 0 Å². The van der Waals surface area contributed by atoms with Crippen LogP contribution in [-0.2, 0) is 0 Å². The minimum Gasteiger partial charge on any atom is -0.302 e. The summed E-state index contributed by atoms with van der Waals surface area (Å²) < 4.78 is 2.29. The van der Waals surface area contributed by atoms with Crippen molar-refractivity contribution in [2.75, 3.05) is 26.0 Å². The first-order valence-corrected chi connectivity index (χ1v) is 3.61. The third-order valence-electron chi connectivity index (χ3n) is 1.08. The van der Waals surface area contributed by atoms with E-state index in [1.807, 2.05) is 0 Å². The molecule has 0 aromatic heterocycles. The number of hydrogen-bond acceptors (Lipinski definition) is 3. The molecule has 2 nitrogen and oxygen atoms in total. The first-order valence-electron chi connectivity index (χ1n) is 2.43. The van der Waals surface area contributed by atoms with Crippen molar-refractivity contribution in [3.8, 4) is 0 Å². The highest BCUT2D eigenvalue weighted by Gasteiger charge is 2.06. The molecule has 1 N–H and O–H groups in total. The lowest BCUT2D eigenvalue weighted by Gasteiger charge is -2.05. The largest absolute Gasteiger partial charge is 0.302 e. The molecule has 0 aromatic rings. The summed E-state index contributed by atoms with van der Waals surface area (Å²) in [6, 6.07) is 0. The third-order valence-corrected chi connectivity index (χ3v) is 1.91. The molecule has 1 rings (SSSR count). The predicted octanol–water partition coefficient (Wildman–Crippen LogP) is 0.127. The van der Waals surface area contributed by atoms with Crippen LogP contribution in [0, 0.1) is 0 Å². The van der Waals surface area contributed by atoms with Gasteiger partial charge in [0.1, 0.15) is 0 Å². The second-order valence-corrected chi connectivity index (χ2v) is 2.43. The summed E-state index contributed by atoms with van der Waals surface area (Å²) in [7, 11) is 0. The van der Waals surface area contributed by atoms with Gasteiger partial charge in [0.05, 0.1) is 6.67 Å². The van der Waals surface area contributed by atoms with Crippen LogP contribution >= 0.6 is 11.9 Å². The molecule has 3 heteroatoms. The van der Waals surface area contributed by atoms with E-state index in [0.717, 1.165) is 13.2 Å². The average molecular weight is 118 g/mol. The Morgan fingerprint density at radius 2 is 2.57 bits per heavy atom. The summed E-state index contributed by atoms with van der Waals surface area (Å²) in [5, 5.41) is 3.23. The highest BCUT2D eigenvalue weighted by Crippen LogP contribution is 2.04. The fourth-order valence-electron chi connectivity index (χ4n) is 0.642. The van der Waals surface area contributed by atoms with Crippen molar-refractivity contribution >= 4 is 11.9 Å². The van der Waals surface area contributed by atoms with Gasteiger partial charge in [-0.25, -0.2) is 4.31 Å². The standard InChI is InChI=1S/C4H10N2S/c1-7-6-3-2-5-4-6/h5H,2-4H2,1H3. The zero-order valence-electron chi connectivity index (χ0n) is 4.48. The smallest absolute Gasteiger partial charge is 0.0582 e. The summed E-state index contributed by atoms with van der Waals surface area (Å²) >= 11 is 1.80. The predicted molar refractivity (Wildman–Crippen MR) is 33.1 cm³/mol. The van der Waals surface area contributed by atoms with Crippen molar-refractivity contribution < 1.29 is 0 Å². The maximum Gasteiger partial charge on any atom is 0.0582 e. The summed E-state index contributed by atoms with van der Waals surface area (Å²) in [5.41, 5.74) is 0. The van der Waals surface area contributed by atoms with E-state index in [1.54, 1.807) is 11.9 Å². The van der Waals surface area contributed by atoms with Crippen molar-refractivity contribution in [3.05, 3.63) is 0 Å². The van der Waals surface area contributed by atoms with Crippen molar-refractivity contribution in [3.63, 3.8) is 0 Å². The molecule has 0 aliphatic carbocycles. The number of rotatable bonds is 1. The van der Waals surface area contributed by atoms with Crippen molar-refractivity contribution in [1.29, 1.82) is 0 Å². The maximum absolute atomic E-state index is 3.23. The van der Waals surface area contributed by atoms with Crippen molar-refractivity contribution in [2.45, 2.75) is 0 Å². The highest BCUT2D eigenvalue weighted by molar-refractivity contribution is 7.96. The van der Waals surface area contributed by atoms with Gasteiger partial charge < -0.3 is 5.32 Å². The normalized spacial score (nSPS) is 23.6. The van der Waals surface area contributed by atoms with E-state index < -0.39 is 0 Å². The molecule has 0 atom stereocenters. The van der Waals surface area contributed by atoms with Gasteiger partial charge in [0.2, 0.25) is 0 Å². The Morgan fingerprint density at radius 3 is 2.86 bits per heavy atom. The molecule has 42 valence electrons. The van der Waals surface area contributed by atoms with Crippen LogP contribution in [0.15, 0.2) is 0 Å². The summed E-state index contributed by atoms with van der Waals surface area (Å²) in [6.45, 7) is 3.41. The molecule has 1 heterocycles. The van der Waals surface area contributed by atoms with E-state index in [-0.39, 0.29) is 0 Å². The summed E-state index contributed by atoms with van der Waals surface area (Å²) in [5.74, 6) is 0. The number of hydrogen-bond donors (Lipinski definition) is 1. The molecule has 0 amide bonds. The van der Waals surface area contributed by atoms with Crippen LogP contribution in [-0.4, -0.2) is 30.3 Å².